The molecule has 2 rings (SSSR count). The van der Waals surface area contributed by atoms with Crippen molar-refractivity contribution >= 4 is 11.3 Å². The number of hydrogen-bond acceptors (Lipinski definition) is 4. The molecule has 0 saturated heterocycles. The summed E-state index contributed by atoms with van der Waals surface area (Å²) in [4.78, 5) is 9.05. The van der Waals surface area contributed by atoms with Crippen molar-refractivity contribution in [2.45, 2.75) is 52.7 Å². The van der Waals surface area contributed by atoms with Gasteiger partial charge in [-0.2, -0.15) is 0 Å². The fourth-order valence-electron chi connectivity index (χ4n) is 1.74. The first-order valence-electron chi connectivity index (χ1n) is 6.73. The fraction of sp³-hybridized carbons (Fsp3) is 0.571. The van der Waals surface area contributed by atoms with Crippen LogP contribution in [0.15, 0.2) is 17.9 Å². The van der Waals surface area contributed by atoms with E-state index in [2.05, 4.69) is 59.1 Å². The first kappa shape index (κ1) is 14.2. The van der Waals surface area contributed by atoms with E-state index in [1.807, 2.05) is 6.33 Å². The van der Waals surface area contributed by atoms with Crippen molar-refractivity contribution in [1.29, 1.82) is 0 Å². The maximum absolute atomic E-state index is 4.64. The largest absolute Gasteiger partial charge is 0.331 e. The highest BCUT2D eigenvalue weighted by Gasteiger charge is 2.07. The Labute approximate surface area is 118 Å². The van der Waals surface area contributed by atoms with Crippen molar-refractivity contribution in [3.05, 3.63) is 34.3 Å². The molecular formula is C14H22N4S. The molecule has 0 saturated carbocycles. The van der Waals surface area contributed by atoms with Crippen LogP contribution in [0.25, 0.3) is 0 Å². The number of hydrogen-bond donors (Lipinski definition) is 1. The zero-order valence-corrected chi connectivity index (χ0v) is 12.9. The zero-order chi connectivity index (χ0) is 13.8. The summed E-state index contributed by atoms with van der Waals surface area (Å²) in [6, 6.07) is 0.484. The van der Waals surface area contributed by atoms with Crippen LogP contribution < -0.4 is 5.32 Å². The van der Waals surface area contributed by atoms with Gasteiger partial charge in [-0.3, -0.25) is 0 Å². The lowest BCUT2D eigenvalue weighted by molar-refractivity contribution is 0.582. The highest BCUT2D eigenvalue weighted by atomic mass is 32.1. The van der Waals surface area contributed by atoms with Gasteiger partial charge in [0.25, 0.3) is 0 Å². The van der Waals surface area contributed by atoms with Crippen molar-refractivity contribution in [2.75, 3.05) is 0 Å². The van der Waals surface area contributed by atoms with Gasteiger partial charge in [0.2, 0.25) is 0 Å². The Balaban J connectivity index is 1.95. The maximum Gasteiger partial charge on any atom is 0.0954 e. The van der Waals surface area contributed by atoms with Crippen LogP contribution in [0.3, 0.4) is 0 Å². The second-order valence-corrected chi connectivity index (χ2v) is 6.29. The van der Waals surface area contributed by atoms with Gasteiger partial charge < -0.3 is 9.88 Å². The van der Waals surface area contributed by atoms with Gasteiger partial charge >= 0.3 is 0 Å². The van der Waals surface area contributed by atoms with E-state index in [1.165, 1.54) is 5.01 Å². The molecule has 2 aromatic heterocycles. The summed E-state index contributed by atoms with van der Waals surface area (Å²) in [7, 11) is 0. The van der Waals surface area contributed by atoms with Crippen LogP contribution in [-0.4, -0.2) is 20.6 Å². The van der Waals surface area contributed by atoms with Crippen LogP contribution in [0.4, 0.5) is 0 Å². The molecule has 4 nitrogen and oxygen atoms in total. The molecule has 0 amide bonds. The quantitative estimate of drug-likeness (QED) is 0.883. The van der Waals surface area contributed by atoms with E-state index in [0.717, 1.165) is 24.5 Å². The van der Waals surface area contributed by atoms with Gasteiger partial charge in [0.1, 0.15) is 0 Å². The van der Waals surface area contributed by atoms with Crippen molar-refractivity contribution in [1.82, 2.24) is 19.9 Å². The summed E-state index contributed by atoms with van der Waals surface area (Å²) in [6.07, 6.45) is 3.97. The number of aromatic nitrogens is 3. The number of thiazole rings is 1. The van der Waals surface area contributed by atoms with E-state index < -0.39 is 0 Å². The molecular weight excluding hydrogens is 256 g/mol. The van der Waals surface area contributed by atoms with E-state index in [4.69, 9.17) is 0 Å². The molecule has 0 aliphatic carbocycles. The molecule has 2 heterocycles. The molecule has 0 unspecified atom stereocenters. The summed E-state index contributed by atoms with van der Waals surface area (Å²) >= 11 is 1.74. The molecule has 0 spiro atoms. The van der Waals surface area contributed by atoms with Gasteiger partial charge in [0.15, 0.2) is 0 Å². The minimum atomic E-state index is 0.484. The summed E-state index contributed by atoms with van der Waals surface area (Å²) in [5.41, 5.74) is 2.20. The monoisotopic (exact) mass is 278 g/mol. The molecule has 0 bridgehead atoms. The van der Waals surface area contributed by atoms with E-state index in [0.29, 0.717) is 12.0 Å². The van der Waals surface area contributed by atoms with Crippen molar-refractivity contribution in [2.24, 2.45) is 0 Å². The van der Waals surface area contributed by atoms with Crippen molar-refractivity contribution < 1.29 is 0 Å². The van der Waals surface area contributed by atoms with Gasteiger partial charge in [-0.25, -0.2) is 9.97 Å². The molecule has 0 fully saturated rings. The van der Waals surface area contributed by atoms with Gasteiger partial charge in [-0.15, -0.1) is 11.3 Å². The van der Waals surface area contributed by atoms with E-state index in [1.54, 1.807) is 11.3 Å². The van der Waals surface area contributed by atoms with E-state index >= 15 is 0 Å². The third-order valence-corrected chi connectivity index (χ3v) is 3.98. The van der Waals surface area contributed by atoms with Crippen LogP contribution in [0.5, 0.6) is 0 Å². The molecule has 0 atom stereocenters. The van der Waals surface area contributed by atoms with Crippen LogP contribution >= 0.6 is 11.3 Å². The molecule has 0 radical (unpaired) electrons. The van der Waals surface area contributed by atoms with Crippen LogP contribution in [0, 0.1) is 0 Å². The Morgan fingerprint density at radius 3 is 2.68 bits per heavy atom. The molecule has 104 valence electrons. The Morgan fingerprint density at radius 2 is 2.05 bits per heavy atom. The lowest BCUT2D eigenvalue weighted by Gasteiger charge is -2.04. The van der Waals surface area contributed by atoms with E-state index in [9.17, 15) is 0 Å². The highest BCUT2D eigenvalue weighted by Crippen LogP contribution is 2.19. The predicted octanol–water partition coefficient (Wildman–Crippen LogP) is 3.01. The highest BCUT2D eigenvalue weighted by molar-refractivity contribution is 7.09. The SMILES string of the molecule is CC(C)NCc1cn(Cc2csc(C(C)C)n2)cn1. The number of nitrogens with one attached hydrogen (secondary N) is 1. The lowest BCUT2D eigenvalue weighted by Crippen LogP contribution is -2.21. The normalized spacial score (nSPS) is 11.7. The third-order valence-electron chi connectivity index (χ3n) is 2.79. The fourth-order valence-corrected chi connectivity index (χ4v) is 2.57. The molecule has 5 heteroatoms. The second kappa shape index (κ2) is 6.30. The van der Waals surface area contributed by atoms with Gasteiger partial charge in [0.05, 0.1) is 29.3 Å². The number of rotatable bonds is 6. The zero-order valence-electron chi connectivity index (χ0n) is 12.1. The maximum atomic E-state index is 4.64. The molecule has 0 aromatic carbocycles. The smallest absolute Gasteiger partial charge is 0.0954 e. The Morgan fingerprint density at radius 1 is 1.26 bits per heavy atom. The van der Waals surface area contributed by atoms with Crippen LogP contribution in [0.2, 0.25) is 0 Å². The number of imidazole rings is 1. The number of nitrogens with zero attached hydrogens (tertiary/aromatic N) is 3. The molecule has 2 aromatic rings. The Kier molecular flexibility index (Phi) is 4.71. The van der Waals surface area contributed by atoms with Crippen molar-refractivity contribution in [3.63, 3.8) is 0 Å². The predicted molar refractivity (Wildman–Crippen MR) is 79.5 cm³/mol. The van der Waals surface area contributed by atoms with Crippen LogP contribution in [-0.2, 0) is 13.1 Å². The second-order valence-electron chi connectivity index (χ2n) is 5.40. The summed E-state index contributed by atoms with van der Waals surface area (Å²) in [6.45, 7) is 10.3. The molecule has 0 aliphatic rings. The van der Waals surface area contributed by atoms with E-state index in [-0.39, 0.29) is 0 Å². The first-order valence-corrected chi connectivity index (χ1v) is 7.61. The molecule has 1 N–H and O–H groups in total. The third kappa shape index (κ3) is 4.14. The van der Waals surface area contributed by atoms with Crippen molar-refractivity contribution in [3.8, 4) is 0 Å². The Bertz CT molecular complexity index is 513. The van der Waals surface area contributed by atoms with Gasteiger partial charge in [-0.05, 0) is 0 Å². The minimum absolute atomic E-state index is 0.484. The topological polar surface area (TPSA) is 42.7 Å². The Hall–Kier alpha value is -1.20. The summed E-state index contributed by atoms with van der Waals surface area (Å²) in [5, 5.41) is 6.71. The molecule has 0 aliphatic heterocycles. The minimum Gasteiger partial charge on any atom is -0.331 e. The summed E-state index contributed by atoms with van der Waals surface area (Å²) in [5.74, 6) is 0.507. The standard InChI is InChI=1S/C14H22N4S/c1-10(2)14-17-13(8-19-14)7-18-6-12(16-9-18)5-15-11(3)4/h6,8-11,15H,5,7H2,1-4H3. The van der Waals surface area contributed by atoms with Gasteiger partial charge in [0, 0.05) is 30.1 Å². The van der Waals surface area contributed by atoms with Crippen LogP contribution in [0.1, 0.15) is 50.0 Å². The average Bonchev–Trinajstić information content (AvgIpc) is 2.96. The average molecular weight is 278 g/mol. The molecule has 19 heavy (non-hydrogen) atoms. The summed E-state index contributed by atoms with van der Waals surface area (Å²) < 4.78 is 2.09. The first-order chi connectivity index (χ1) is 9.04. The lowest BCUT2D eigenvalue weighted by atomic mass is 10.2. The van der Waals surface area contributed by atoms with Gasteiger partial charge in [-0.1, -0.05) is 27.7 Å².